The van der Waals surface area contributed by atoms with Crippen LogP contribution in [0.25, 0.3) is 10.8 Å². The Morgan fingerprint density at radius 3 is 2.00 bits per heavy atom. The molecule has 14 heavy (non-hydrogen) atoms. The summed E-state index contributed by atoms with van der Waals surface area (Å²) in [6.45, 7) is 2.14. The zero-order valence-corrected chi connectivity index (χ0v) is 10.3. The molecular formula is C11H12F2Os. The van der Waals surface area contributed by atoms with Gasteiger partial charge in [0, 0.05) is 19.8 Å². The fourth-order valence-electron chi connectivity index (χ4n) is 1.39. The smallest absolute Gasteiger partial charge is 0 e. The molecule has 0 unspecified atom stereocenters. The molecule has 0 radical (unpaired) electrons. The minimum Gasteiger partial charge on any atom is -0.269 e. The average molecular weight is 372 g/mol. The second-order valence-corrected chi connectivity index (χ2v) is 2.80. The van der Waals surface area contributed by atoms with Crippen molar-refractivity contribution in [2.45, 2.75) is 6.92 Å². The van der Waals surface area contributed by atoms with Gasteiger partial charge >= 0.3 is 0 Å². The minimum atomic E-state index is 0. The van der Waals surface area contributed by atoms with Gasteiger partial charge in [0.15, 0.2) is 0 Å². The molecule has 2 rings (SSSR count). The van der Waals surface area contributed by atoms with Crippen LogP contribution in [0, 0.1) is 6.92 Å². The maximum Gasteiger partial charge on any atom is 0 e. The van der Waals surface area contributed by atoms with Gasteiger partial charge in [-0.1, -0.05) is 42.5 Å². The van der Waals surface area contributed by atoms with E-state index in [0.717, 1.165) is 0 Å². The fourth-order valence-corrected chi connectivity index (χ4v) is 1.39. The maximum atomic E-state index is 2.16. The molecule has 0 aliphatic rings. The van der Waals surface area contributed by atoms with E-state index < -0.39 is 0 Å². The summed E-state index contributed by atoms with van der Waals surface area (Å²) in [5.41, 5.74) is 1.35. The molecule has 0 saturated carbocycles. The monoisotopic (exact) mass is 374 g/mol. The molecule has 0 bridgehead atoms. The summed E-state index contributed by atoms with van der Waals surface area (Å²) in [4.78, 5) is 0. The Morgan fingerprint density at radius 1 is 0.786 bits per heavy atom. The number of benzene rings is 2. The third-order valence-electron chi connectivity index (χ3n) is 2.01. The second-order valence-electron chi connectivity index (χ2n) is 2.80. The molecule has 0 N–H and O–H groups in total. The number of rotatable bonds is 0. The quantitative estimate of drug-likeness (QED) is 0.665. The van der Waals surface area contributed by atoms with Crippen LogP contribution in [0.15, 0.2) is 42.5 Å². The van der Waals surface area contributed by atoms with E-state index in [4.69, 9.17) is 0 Å². The van der Waals surface area contributed by atoms with E-state index >= 15 is 0 Å². The predicted molar refractivity (Wildman–Crippen MR) is 53.7 cm³/mol. The van der Waals surface area contributed by atoms with Crippen molar-refractivity contribution < 1.29 is 29.2 Å². The molecule has 0 fully saturated rings. The van der Waals surface area contributed by atoms with E-state index in [9.17, 15) is 0 Å². The topological polar surface area (TPSA) is 0 Å². The van der Waals surface area contributed by atoms with Crippen LogP contribution in [0.3, 0.4) is 0 Å². The molecule has 2 aromatic carbocycles. The van der Waals surface area contributed by atoms with Crippen molar-refractivity contribution in [2.24, 2.45) is 0 Å². The summed E-state index contributed by atoms with van der Waals surface area (Å²) in [6, 6.07) is 14.8. The molecular weight excluding hydrogens is 360 g/mol. The third kappa shape index (κ3) is 2.85. The van der Waals surface area contributed by atoms with Crippen LogP contribution in [-0.2, 0) is 19.8 Å². The molecule has 0 spiro atoms. The van der Waals surface area contributed by atoms with Crippen molar-refractivity contribution in [1.29, 1.82) is 0 Å². The average Bonchev–Trinajstić information content (AvgIpc) is 2.06. The molecule has 0 aliphatic heterocycles. The van der Waals surface area contributed by atoms with Crippen molar-refractivity contribution in [3.05, 3.63) is 48.0 Å². The van der Waals surface area contributed by atoms with Gasteiger partial charge in [0.25, 0.3) is 0 Å². The van der Waals surface area contributed by atoms with Crippen LogP contribution >= 0.6 is 0 Å². The van der Waals surface area contributed by atoms with Crippen molar-refractivity contribution >= 4 is 10.8 Å². The van der Waals surface area contributed by atoms with Gasteiger partial charge in [0.2, 0.25) is 0 Å². The minimum absolute atomic E-state index is 0. The van der Waals surface area contributed by atoms with Gasteiger partial charge in [-0.05, 0) is 23.3 Å². The summed E-state index contributed by atoms with van der Waals surface area (Å²) in [5.74, 6) is 0. The Hall–Kier alpha value is -0.804. The van der Waals surface area contributed by atoms with Crippen LogP contribution in [-0.4, -0.2) is 0 Å². The molecule has 2 aromatic rings. The summed E-state index contributed by atoms with van der Waals surface area (Å²) in [5, 5.41) is 2.68. The number of aryl methyl sites for hydroxylation is 1. The SMILES string of the molecule is Cc1cccc2ccccc12.F.F.[Os]. The van der Waals surface area contributed by atoms with E-state index in [1.165, 1.54) is 16.3 Å². The molecule has 3 heteroatoms. The largest absolute Gasteiger partial charge is 0.269 e. The first-order valence-corrected chi connectivity index (χ1v) is 3.82. The zero-order valence-electron chi connectivity index (χ0n) is 7.71. The van der Waals surface area contributed by atoms with Crippen LogP contribution in [0.2, 0.25) is 0 Å². The number of hydrogen-bond acceptors (Lipinski definition) is 0. The van der Waals surface area contributed by atoms with E-state index in [1.54, 1.807) is 0 Å². The first-order valence-electron chi connectivity index (χ1n) is 3.82. The molecule has 0 saturated heterocycles. The number of fused-ring (bicyclic) bond motifs is 1. The summed E-state index contributed by atoms with van der Waals surface area (Å²) in [6.07, 6.45) is 0. The molecule has 0 aromatic heterocycles. The van der Waals surface area contributed by atoms with Crippen molar-refractivity contribution in [2.75, 3.05) is 0 Å². The Labute approximate surface area is 95.1 Å². The molecule has 0 heterocycles. The fraction of sp³-hybridized carbons (Fsp3) is 0.0909. The molecule has 0 amide bonds. The summed E-state index contributed by atoms with van der Waals surface area (Å²) in [7, 11) is 0. The van der Waals surface area contributed by atoms with Gasteiger partial charge in [-0.25, -0.2) is 0 Å². The van der Waals surface area contributed by atoms with Gasteiger partial charge in [-0.3, -0.25) is 9.41 Å². The van der Waals surface area contributed by atoms with Gasteiger partial charge in [-0.2, -0.15) is 0 Å². The van der Waals surface area contributed by atoms with Gasteiger partial charge < -0.3 is 0 Å². The van der Waals surface area contributed by atoms with E-state index in [-0.39, 0.29) is 29.2 Å². The van der Waals surface area contributed by atoms with Gasteiger partial charge in [0.1, 0.15) is 0 Å². The molecule has 0 atom stereocenters. The van der Waals surface area contributed by atoms with Crippen molar-refractivity contribution in [3.63, 3.8) is 0 Å². The first-order chi connectivity index (χ1) is 5.38. The summed E-state index contributed by atoms with van der Waals surface area (Å²) >= 11 is 0. The number of hydrogen-bond donors (Lipinski definition) is 0. The Morgan fingerprint density at radius 2 is 1.36 bits per heavy atom. The van der Waals surface area contributed by atoms with Crippen LogP contribution in [0.4, 0.5) is 9.41 Å². The van der Waals surface area contributed by atoms with Crippen LogP contribution in [0.1, 0.15) is 5.56 Å². The Balaban J connectivity index is 0. The van der Waals surface area contributed by atoms with E-state index in [1.807, 2.05) is 0 Å². The predicted octanol–water partition coefficient (Wildman–Crippen LogP) is 3.45. The van der Waals surface area contributed by atoms with Crippen LogP contribution < -0.4 is 0 Å². The third-order valence-corrected chi connectivity index (χ3v) is 2.01. The van der Waals surface area contributed by atoms with Crippen molar-refractivity contribution in [1.82, 2.24) is 0 Å². The van der Waals surface area contributed by atoms with Crippen molar-refractivity contribution in [3.8, 4) is 0 Å². The van der Waals surface area contributed by atoms with Crippen LogP contribution in [0.5, 0.6) is 0 Å². The molecule has 78 valence electrons. The second kappa shape index (κ2) is 6.62. The standard InChI is InChI=1S/C11H10.2FH.Os/c1-9-5-4-7-10-6-2-3-8-11(9)10;;;/h2-8H,1H3;2*1H;. The van der Waals surface area contributed by atoms with E-state index in [2.05, 4.69) is 49.4 Å². The maximum absolute atomic E-state index is 2.16. The normalized spacial score (nSPS) is 8.07. The molecule has 0 aliphatic carbocycles. The first kappa shape index (κ1) is 15.7. The summed E-state index contributed by atoms with van der Waals surface area (Å²) < 4.78 is 0. The van der Waals surface area contributed by atoms with Gasteiger partial charge in [0.05, 0.1) is 0 Å². The molecule has 0 nitrogen and oxygen atoms in total. The van der Waals surface area contributed by atoms with E-state index in [0.29, 0.717) is 0 Å². The Bertz CT molecular complexity index is 382. The Kier molecular flexibility index (Phi) is 7.41. The van der Waals surface area contributed by atoms with Gasteiger partial charge in [-0.15, -0.1) is 0 Å². The number of halogens is 2. The zero-order chi connectivity index (χ0) is 7.68.